The fraction of sp³-hybridized carbons (Fsp3) is 0.500. The van der Waals surface area contributed by atoms with E-state index in [0.717, 1.165) is 17.7 Å². The number of anilines is 1. The van der Waals surface area contributed by atoms with Crippen LogP contribution in [-0.2, 0) is 9.59 Å². The molecule has 0 heterocycles. The predicted octanol–water partition coefficient (Wildman–Crippen LogP) is 2.57. The fourth-order valence-corrected chi connectivity index (χ4v) is 2.18. The number of nitrogens with zero attached hydrogens (tertiary/aromatic N) is 1. The van der Waals surface area contributed by atoms with Gasteiger partial charge in [-0.1, -0.05) is 24.6 Å². The molecule has 1 aromatic carbocycles. The van der Waals surface area contributed by atoms with Crippen LogP contribution in [0.25, 0.3) is 0 Å². The number of carbonyl (C=O) groups excluding carboxylic acids is 2. The highest BCUT2D eigenvalue weighted by molar-refractivity contribution is 5.92. The van der Waals surface area contributed by atoms with Gasteiger partial charge in [0.25, 0.3) is 0 Å². The molecule has 0 aromatic heterocycles. The maximum absolute atomic E-state index is 11.8. The lowest BCUT2D eigenvalue weighted by Gasteiger charge is -2.23. The zero-order valence-electron chi connectivity index (χ0n) is 12.8. The van der Waals surface area contributed by atoms with Crippen LogP contribution in [0.3, 0.4) is 0 Å². The number of rotatable bonds is 6. The monoisotopic (exact) mass is 276 g/mol. The van der Waals surface area contributed by atoms with Crippen molar-refractivity contribution in [3.05, 3.63) is 29.3 Å². The second-order valence-electron chi connectivity index (χ2n) is 5.06. The largest absolute Gasteiger partial charge is 0.354 e. The average Bonchev–Trinajstić information content (AvgIpc) is 2.36. The number of benzene rings is 1. The van der Waals surface area contributed by atoms with Crippen molar-refractivity contribution in [1.82, 2.24) is 5.32 Å². The Bertz CT molecular complexity index is 483. The van der Waals surface area contributed by atoms with E-state index in [0.29, 0.717) is 19.5 Å². The Labute approximate surface area is 121 Å². The third-order valence-electron chi connectivity index (χ3n) is 3.16. The van der Waals surface area contributed by atoms with Crippen LogP contribution in [0.2, 0.25) is 0 Å². The van der Waals surface area contributed by atoms with Crippen molar-refractivity contribution in [3.63, 3.8) is 0 Å². The zero-order chi connectivity index (χ0) is 15.1. The lowest BCUT2D eigenvalue weighted by Crippen LogP contribution is -2.37. The predicted molar refractivity (Wildman–Crippen MR) is 81.9 cm³/mol. The molecule has 2 amide bonds. The minimum Gasteiger partial charge on any atom is -0.354 e. The maximum atomic E-state index is 11.8. The number of hydrogen-bond acceptors (Lipinski definition) is 2. The van der Waals surface area contributed by atoms with E-state index < -0.39 is 0 Å². The van der Waals surface area contributed by atoms with E-state index >= 15 is 0 Å². The third-order valence-corrected chi connectivity index (χ3v) is 3.16. The van der Waals surface area contributed by atoms with Crippen molar-refractivity contribution >= 4 is 17.5 Å². The van der Waals surface area contributed by atoms with E-state index in [9.17, 15) is 9.59 Å². The first-order chi connectivity index (χ1) is 9.45. The Morgan fingerprint density at radius 1 is 1.25 bits per heavy atom. The van der Waals surface area contributed by atoms with Gasteiger partial charge in [-0.25, -0.2) is 0 Å². The van der Waals surface area contributed by atoms with Crippen molar-refractivity contribution in [1.29, 1.82) is 0 Å². The molecule has 0 aliphatic carbocycles. The van der Waals surface area contributed by atoms with Crippen LogP contribution in [0.4, 0.5) is 5.69 Å². The first-order valence-electron chi connectivity index (χ1n) is 7.07. The molecule has 1 N–H and O–H groups in total. The van der Waals surface area contributed by atoms with Gasteiger partial charge in [-0.3, -0.25) is 9.59 Å². The van der Waals surface area contributed by atoms with E-state index in [-0.39, 0.29) is 11.8 Å². The van der Waals surface area contributed by atoms with Crippen LogP contribution in [0.15, 0.2) is 18.2 Å². The summed E-state index contributed by atoms with van der Waals surface area (Å²) in [6, 6.07) is 6.01. The van der Waals surface area contributed by atoms with Crippen LogP contribution in [0, 0.1) is 13.8 Å². The molecule has 0 unspecified atom stereocenters. The Morgan fingerprint density at radius 3 is 2.50 bits per heavy atom. The van der Waals surface area contributed by atoms with Crippen LogP contribution in [0.1, 0.15) is 37.8 Å². The molecule has 0 radical (unpaired) electrons. The first-order valence-corrected chi connectivity index (χ1v) is 7.07. The molecule has 0 atom stereocenters. The van der Waals surface area contributed by atoms with Gasteiger partial charge in [-0.05, 0) is 31.9 Å². The molecule has 0 aliphatic heterocycles. The van der Waals surface area contributed by atoms with Crippen LogP contribution in [0.5, 0.6) is 0 Å². The van der Waals surface area contributed by atoms with Gasteiger partial charge in [0, 0.05) is 32.1 Å². The van der Waals surface area contributed by atoms with E-state index in [2.05, 4.69) is 11.4 Å². The molecule has 4 heteroatoms. The standard InChI is InChI=1S/C16H24N2O2/c1-5-6-16(20)17-9-10-18(14(4)19)15-8-7-12(2)11-13(15)3/h7-8,11H,5-6,9-10H2,1-4H3,(H,17,20). The van der Waals surface area contributed by atoms with E-state index in [1.807, 2.05) is 32.9 Å². The quantitative estimate of drug-likeness (QED) is 0.868. The second kappa shape index (κ2) is 7.68. The summed E-state index contributed by atoms with van der Waals surface area (Å²) in [5, 5.41) is 2.84. The molecule has 0 aliphatic rings. The molecule has 0 saturated carbocycles. The van der Waals surface area contributed by atoms with Crippen molar-refractivity contribution in [2.45, 2.75) is 40.5 Å². The number of nitrogens with one attached hydrogen (secondary N) is 1. The summed E-state index contributed by atoms with van der Waals surface area (Å²) in [5.41, 5.74) is 3.15. The van der Waals surface area contributed by atoms with Crippen molar-refractivity contribution in [3.8, 4) is 0 Å². The zero-order valence-corrected chi connectivity index (χ0v) is 12.8. The van der Waals surface area contributed by atoms with Gasteiger partial charge >= 0.3 is 0 Å². The normalized spacial score (nSPS) is 10.2. The Kier molecular flexibility index (Phi) is 6.22. The van der Waals surface area contributed by atoms with Crippen molar-refractivity contribution in [2.24, 2.45) is 0 Å². The van der Waals surface area contributed by atoms with Gasteiger partial charge in [-0.2, -0.15) is 0 Å². The average molecular weight is 276 g/mol. The minimum atomic E-state index is -0.0123. The fourth-order valence-electron chi connectivity index (χ4n) is 2.18. The number of hydrogen-bond donors (Lipinski definition) is 1. The van der Waals surface area contributed by atoms with Gasteiger partial charge in [-0.15, -0.1) is 0 Å². The second-order valence-corrected chi connectivity index (χ2v) is 5.06. The van der Waals surface area contributed by atoms with Crippen LogP contribution < -0.4 is 10.2 Å². The summed E-state index contributed by atoms with van der Waals surface area (Å²) >= 11 is 0. The van der Waals surface area contributed by atoms with Gasteiger partial charge in [0.2, 0.25) is 11.8 Å². The summed E-state index contributed by atoms with van der Waals surface area (Å²) in [7, 11) is 0. The maximum Gasteiger partial charge on any atom is 0.223 e. The van der Waals surface area contributed by atoms with Gasteiger partial charge in [0.05, 0.1) is 0 Å². The van der Waals surface area contributed by atoms with E-state index in [1.165, 1.54) is 5.56 Å². The Morgan fingerprint density at radius 2 is 1.95 bits per heavy atom. The first kappa shape index (κ1) is 16.2. The third kappa shape index (κ3) is 4.68. The highest BCUT2D eigenvalue weighted by Gasteiger charge is 2.13. The molecular weight excluding hydrogens is 252 g/mol. The Hall–Kier alpha value is -1.84. The highest BCUT2D eigenvalue weighted by atomic mass is 16.2. The topological polar surface area (TPSA) is 49.4 Å². The van der Waals surface area contributed by atoms with Gasteiger partial charge in [0.1, 0.15) is 0 Å². The van der Waals surface area contributed by atoms with Gasteiger partial charge < -0.3 is 10.2 Å². The number of aryl methyl sites for hydroxylation is 2. The summed E-state index contributed by atoms with van der Waals surface area (Å²) in [5.74, 6) is 0.0262. The molecular formula is C16H24N2O2. The minimum absolute atomic E-state index is 0.0123. The van der Waals surface area contributed by atoms with E-state index in [4.69, 9.17) is 0 Å². The molecule has 0 fully saturated rings. The van der Waals surface area contributed by atoms with Gasteiger partial charge in [0.15, 0.2) is 0 Å². The molecule has 110 valence electrons. The summed E-state index contributed by atoms with van der Waals surface area (Å²) in [6.45, 7) is 8.51. The Balaban J connectivity index is 2.70. The summed E-state index contributed by atoms with van der Waals surface area (Å²) in [4.78, 5) is 24.9. The number of amides is 2. The smallest absolute Gasteiger partial charge is 0.223 e. The summed E-state index contributed by atoms with van der Waals surface area (Å²) < 4.78 is 0. The molecule has 4 nitrogen and oxygen atoms in total. The van der Waals surface area contributed by atoms with Crippen LogP contribution in [-0.4, -0.2) is 24.9 Å². The molecule has 20 heavy (non-hydrogen) atoms. The lowest BCUT2D eigenvalue weighted by atomic mass is 10.1. The van der Waals surface area contributed by atoms with Crippen molar-refractivity contribution in [2.75, 3.05) is 18.0 Å². The molecule has 0 spiro atoms. The molecule has 0 saturated heterocycles. The lowest BCUT2D eigenvalue weighted by molar-refractivity contribution is -0.121. The SMILES string of the molecule is CCCC(=O)NCCN(C(C)=O)c1ccc(C)cc1C. The number of carbonyl (C=O) groups is 2. The molecule has 1 rings (SSSR count). The molecule has 0 bridgehead atoms. The van der Waals surface area contributed by atoms with Crippen LogP contribution >= 0.6 is 0 Å². The van der Waals surface area contributed by atoms with Crippen molar-refractivity contribution < 1.29 is 9.59 Å². The highest BCUT2D eigenvalue weighted by Crippen LogP contribution is 2.21. The van der Waals surface area contributed by atoms with E-state index in [1.54, 1.807) is 11.8 Å². The summed E-state index contributed by atoms with van der Waals surface area (Å²) in [6.07, 6.45) is 1.36. The molecule has 1 aromatic rings.